The first-order valence-corrected chi connectivity index (χ1v) is 7.00. The van der Waals surface area contributed by atoms with Crippen molar-refractivity contribution in [1.82, 2.24) is 0 Å². The van der Waals surface area contributed by atoms with E-state index in [1.807, 2.05) is 6.92 Å². The van der Waals surface area contributed by atoms with Gasteiger partial charge in [0.2, 0.25) is 5.91 Å². The molecule has 0 aromatic carbocycles. The summed E-state index contributed by atoms with van der Waals surface area (Å²) in [5.41, 5.74) is 0.991. The van der Waals surface area contributed by atoms with Gasteiger partial charge in [-0.15, -0.1) is 22.9 Å². The molecule has 0 spiro atoms. The molecule has 4 nitrogen and oxygen atoms in total. The van der Waals surface area contributed by atoms with Crippen molar-refractivity contribution in [3.05, 3.63) is 16.0 Å². The lowest BCUT2D eigenvalue weighted by molar-refractivity contribution is -0.117. The molecule has 1 amide bonds. The third-order valence-electron chi connectivity index (χ3n) is 3.25. The number of carboxylic acids is 1. The Hall–Kier alpha value is -1.07. The molecule has 1 unspecified atom stereocenters. The Balaban J connectivity index is 2.43. The zero-order valence-electron chi connectivity index (χ0n) is 10.2. The number of aromatic carboxylic acids is 1. The van der Waals surface area contributed by atoms with Gasteiger partial charge in [-0.2, -0.15) is 0 Å². The summed E-state index contributed by atoms with van der Waals surface area (Å²) in [5.74, 6) is -0.476. The van der Waals surface area contributed by atoms with Crippen LogP contribution in [0.15, 0.2) is 0 Å². The number of hydrogen-bond donors (Lipinski definition) is 1. The van der Waals surface area contributed by atoms with Crippen LogP contribution in [0.5, 0.6) is 0 Å². The van der Waals surface area contributed by atoms with Crippen LogP contribution in [0.1, 0.15) is 27.2 Å². The highest BCUT2D eigenvalue weighted by molar-refractivity contribution is 7.16. The van der Waals surface area contributed by atoms with Crippen LogP contribution in [0.2, 0.25) is 0 Å². The van der Waals surface area contributed by atoms with Crippen LogP contribution in [-0.4, -0.2) is 29.4 Å². The number of carbonyl (C=O) groups excluding carboxylic acids is 1. The highest BCUT2D eigenvalue weighted by Gasteiger charge is 2.34. The number of thiophene rings is 1. The molecule has 1 saturated heterocycles. The number of hydrogen-bond acceptors (Lipinski definition) is 3. The highest BCUT2D eigenvalue weighted by atomic mass is 35.5. The van der Waals surface area contributed by atoms with Gasteiger partial charge in [-0.1, -0.05) is 0 Å². The summed E-state index contributed by atoms with van der Waals surface area (Å²) in [7, 11) is 0. The van der Waals surface area contributed by atoms with E-state index in [-0.39, 0.29) is 17.4 Å². The number of alkyl halides is 1. The standard InChI is InChI=1S/C12H14ClNO3S/c1-6-7(2)18-11(10(6)12(16)17)14-5-8(4-13)3-9(14)15/h8H,3-5H2,1-2H3,(H,16,17). The summed E-state index contributed by atoms with van der Waals surface area (Å²) >= 11 is 7.14. The maximum atomic E-state index is 11.9. The third-order valence-corrected chi connectivity index (χ3v) is 4.92. The van der Waals surface area contributed by atoms with Crippen molar-refractivity contribution in [1.29, 1.82) is 0 Å². The molecule has 1 aromatic heterocycles. The fourth-order valence-electron chi connectivity index (χ4n) is 2.13. The lowest BCUT2D eigenvalue weighted by atomic mass is 10.1. The molecule has 0 aliphatic carbocycles. The first-order valence-electron chi connectivity index (χ1n) is 5.65. The first kappa shape index (κ1) is 13.4. The van der Waals surface area contributed by atoms with Crippen LogP contribution in [0.25, 0.3) is 0 Å². The number of halogens is 1. The van der Waals surface area contributed by atoms with E-state index in [9.17, 15) is 14.7 Å². The number of aryl methyl sites for hydroxylation is 1. The van der Waals surface area contributed by atoms with Crippen molar-refractivity contribution in [2.75, 3.05) is 17.3 Å². The van der Waals surface area contributed by atoms with Crippen molar-refractivity contribution < 1.29 is 14.7 Å². The maximum absolute atomic E-state index is 11.9. The van der Waals surface area contributed by atoms with Gasteiger partial charge in [0.25, 0.3) is 0 Å². The fraction of sp³-hybridized carbons (Fsp3) is 0.500. The predicted octanol–water partition coefficient (Wildman–Crippen LogP) is 2.65. The summed E-state index contributed by atoms with van der Waals surface area (Å²) < 4.78 is 0. The average Bonchev–Trinajstić information content (AvgIpc) is 2.81. The smallest absolute Gasteiger partial charge is 0.339 e. The van der Waals surface area contributed by atoms with E-state index in [2.05, 4.69) is 0 Å². The van der Waals surface area contributed by atoms with Crippen LogP contribution in [0.4, 0.5) is 5.00 Å². The zero-order valence-corrected chi connectivity index (χ0v) is 11.8. The minimum Gasteiger partial charge on any atom is -0.478 e. The minimum absolute atomic E-state index is 0.0376. The molecule has 2 heterocycles. The lowest BCUT2D eigenvalue weighted by Crippen LogP contribution is -2.25. The molecule has 1 aliphatic rings. The van der Waals surface area contributed by atoms with Gasteiger partial charge in [-0.3, -0.25) is 4.79 Å². The second kappa shape index (κ2) is 4.90. The molecular weight excluding hydrogens is 274 g/mol. The molecule has 6 heteroatoms. The quantitative estimate of drug-likeness (QED) is 0.870. The fourth-order valence-corrected chi connectivity index (χ4v) is 3.51. The van der Waals surface area contributed by atoms with Gasteiger partial charge >= 0.3 is 5.97 Å². The molecule has 98 valence electrons. The molecule has 1 fully saturated rings. The normalized spacial score (nSPS) is 19.6. The Labute approximate surface area is 114 Å². The third kappa shape index (κ3) is 2.12. The van der Waals surface area contributed by atoms with E-state index in [1.165, 1.54) is 11.3 Å². The zero-order chi connectivity index (χ0) is 13.4. The van der Waals surface area contributed by atoms with E-state index in [1.54, 1.807) is 11.8 Å². The van der Waals surface area contributed by atoms with Gasteiger partial charge in [0.1, 0.15) is 5.00 Å². The van der Waals surface area contributed by atoms with Crippen molar-refractivity contribution >= 4 is 39.8 Å². The predicted molar refractivity (Wildman–Crippen MR) is 71.9 cm³/mol. The Bertz CT molecular complexity index is 512. The van der Waals surface area contributed by atoms with Crippen molar-refractivity contribution in [3.8, 4) is 0 Å². The molecule has 1 aliphatic heterocycles. The van der Waals surface area contributed by atoms with E-state index < -0.39 is 5.97 Å². The van der Waals surface area contributed by atoms with Gasteiger partial charge < -0.3 is 10.0 Å². The highest BCUT2D eigenvalue weighted by Crippen LogP contribution is 2.38. The topological polar surface area (TPSA) is 57.6 Å². The number of carbonyl (C=O) groups is 2. The average molecular weight is 288 g/mol. The summed E-state index contributed by atoms with van der Waals surface area (Å²) in [6.07, 6.45) is 0.401. The summed E-state index contributed by atoms with van der Waals surface area (Å²) in [6.45, 7) is 4.16. The van der Waals surface area contributed by atoms with Gasteiger partial charge in [0.15, 0.2) is 0 Å². The van der Waals surface area contributed by atoms with E-state index in [0.717, 1.165) is 10.4 Å². The van der Waals surface area contributed by atoms with Gasteiger partial charge in [0.05, 0.1) is 5.56 Å². The molecule has 2 rings (SSSR count). The molecule has 1 N–H and O–H groups in total. The van der Waals surface area contributed by atoms with Crippen LogP contribution >= 0.6 is 22.9 Å². The second-order valence-corrected chi connectivity index (χ2v) is 6.01. The molecule has 1 atom stereocenters. The SMILES string of the molecule is Cc1sc(N2CC(CCl)CC2=O)c(C(=O)O)c1C. The molecule has 18 heavy (non-hydrogen) atoms. The Morgan fingerprint density at radius 1 is 1.56 bits per heavy atom. The first-order chi connectivity index (χ1) is 8.45. The van der Waals surface area contributed by atoms with Crippen molar-refractivity contribution in [2.45, 2.75) is 20.3 Å². The number of rotatable bonds is 3. The number of anilines is 1. The van der Waals surface area contributed by atoms with Crippen LogP contribution in [0.3, 0.4) is 0 Å². The second-order valence-electron chi connectivity index (χ2n) is 4.50. The Morgan fingerprint density at radius 3 is 2.72 bits per heavy atom. The number of amides is 1. The summed E-state index contributed by atoms with van der Waals surface area (Å²) in [6, 6.07) is 0. The maximum Gasteiger partial charge on any atom is 0.339 e. The van der Waals surface area contributed by atoms with Crippen LogP contribution in [0, 0.1) is 19.8 Å². The molecule has 0 bridgehead atoms. The van der Waals surface area contributed by atoms with Gasteiger partial charge in [-0.25, -0.2) is 4.79 Å². The minimum atomic E-state index is -0.978. The Kier molecular flexibility index (Phi) is 3.64. The Morgan fingerprint density at radius 2 is 2.22 bits per heavy atom. The molecular formula is C12H14ClNO3S. The van der Waals surface area contributed by atoms with E-state index in [4.69, 9.17) is 11.6 Å². The van der Waals surface area contributed by atoms with Crippen molar-refractivity contribution in [2.24, 2.45) is 5.92 Å². The molecule has 0 radical (unpaired) electrons. The van der Waals surface area contributed by atoms with E-state index >= 15 is 0 Å². The number of nitrogens with zero attached hydrogens (tertiary/aromatic N) is 1. The van der Waals surface area contributed by atoms with Crippen LogP contribution in [-0.2, 0) is 4.79 Å². The van der Waals surface area contributed by atoms with E-state index in [0.29, 0.717) is 23.8 Å². The van der Waals surface area contributed by atoms with Crippen molar-refractivity contribution in [3.63, 3.8) is 0 Å². The summed E-state index contributed by atoms with van der Waals surface area (Å²) in [5, 5.41) is 9.82. The largest absolute Gasteiger partial charge is 0.478 e. The lowest BCUT2D eigenvalue weighted by Gasteiger charge is -2.15. The van der Waals surface area contributed by atoms with Gasteiger partial charge in [-0.05, 0) is 25.3 Å². The summed E-state index contributed by atoms with van der Waals surface area (Å²) in [4.78, 5) is 25.7. The molecule has 0 saturated carbocycles. The van der Waals surface area contributed by atoms with Crippen LogP contribution < -0.4 is 4.90 Å². The molecule has 1 aromatic rings. The number of carboxylic acid groups (broad SMARTS) is 1. The van der Waals surface area contributed by atoms with Gasteiger partial charge in [0, 0.05) is 23.7 Å². The monoisotopic (exact) mass is 287 g/mol.